The molecular formula is C43H50N6O3. The molecule has 52 heavy (non-hydrogen) atoms. The summed E-state index contributed by atoms with van der Waals surface area (Å²) in [5.74, 6) is 1.91. The fraction of sp³-hybridized carbons (Fsp3) is 0.395. The van der Waals surface area contributed by atoms with Gasteiger partial charge in [0.25, 0.3) is 5.91 Å². The molecule has 2 aromatic heterocycles. The van der Waals surface area contributed by atoms with Gasteiger partial charge in [0.2, 0.25) is 0 Å². The van der Waals surface area contributed by atoms with Gasteiger partial charge in [0.1, 0.15) is 22.9 Å². The minimum atomic E-state index is -0.508. The van der Waals surface area contributed by atoms with Gasteiger partial charge < -0.3 is 25.1 Å². The quantitative estimate of drug-likeness (QED) is 0.153. The lowest BCUT2D eigenvalue weighted by atomic mass is 9.59. The van der Waals surface area contributed by atoms with E-state index in [0.717, 1.165) is 74.6 Å². The van der Waals surface area contributed by atoms with E-state index in [-0.39, 0.29) is 0 Å². The monoisotopic (exact) mass is 698 g/mol. The summed E-state index contributed by atoms with van der Waals surface area (Å²) in [6.07, 6.45) is 8.35. The number of hydrogen-bond acceptors (Lipinski definition) is 7. The SMILES string of the molecule is COc1ccc(CN2CCN(C3CC4(CCN(c5ccc(C(N)=O)c(Oc6cnc7[nH]ccc7c6)c5)CC4)C3)[C@H](c3ccccc3C(C)C)C2)cc1. The van der Waals surface area contributed by atoms with Crippen LogP contribution in [0.4, 0.5) is 5.69 Å². The number of nitrogens with zero attached hydrogens (tertiary/aromatic N) is 4. The van der Waals surface area contributed by atoms with Crippen LogP contribution in [-0.2, 0) is 6.54 Å². The number of rotatable bonds is 10. The number of piperazine rings is 1. The Balaban J connectivity index is 0.945. The Labute approximate surface area is 306 Å². The first kappa shape index (κ1) is 34.2. The maximum absolute atomic E-state index is 12.3. The lowest BCUT2D eigenvalue weighted by Crippen LogP contribution is -2.60. The Hall–Kier alpha value is -4.86. The first-order valence-corrected chi connectivity index (χ1v) is 18.8. The summed E-state index contributed by atoms with van der Waals surface area (Å²) >= 11 is 0. The van der Waals surface area contributed by atoms with Crippen LogP contribution in [0.2, 0.25) is 0 Å². The van der Waals surface area contributed by atoms with Crippen LogP contribution in [0.15, 0.2) is 91.3 Å². The average Bonchev–Trinajstić information content (AvgIpc) is 3.62. The largest absolute Gasteiger partial charge is 0.497 e. The highest BCUT2D eigenvalue weighted by atomic mass is 16.5. The third-order valence-electron chi connectivity index (χ3n) is 11.9. The molecule has 1 amide bonds. The Bertz CT molecular complexity index is 2020. The lowest BCUT2D eigenvalue weighted by Gasteiger charge is -2.58. The van der Waals surface area contributed by atoms with Gasteiger partial charge in [0.05, 0.1) is 18.9 Å². The van der Waals surface area contributed by atoms with Gasteiger partial charge in [0, 0.05) is 74.7 Å². The molecule has 8 rings (SSSR count). The number of anilines is 1. The summed E-state index contributed by atoms with van der Waals surface area (Å²) in [6.45, 7) is 10.8. The van der Waals surface area contributed by atoms with Gasteiger partial charge >= 0.3 is 0 Å². The highest BCUT2D eigenvalue weighted by Gasteiger charge is 2.50. The topological polar surface area (TPSA) is 99.9 Å². The van der Waals surface area contributed by atoms with E-state index in [1.807, 2.05) is 30.5 Å². The molecule has 9 nitrogen and oxygen atoms in total. The number of methoxy groups -OCH3 is 1. The van der Waals surface area contributed by atoms with Crippen LogP contribution in [0.3, 0.4) is 0 Å². The van der Waals surface area contributed by atoms with E-state index < -0.39 is 5.91 Å². The average molecular weight is 699 g/mol. The molecule has 3 aliphatic rings. The minimum absolute atomic E-state index is 0.367. The number of benzene rings is 3. The van der Waals surface area contributed by atoms with Crippen molar-refractivity contribution in [3.63, 3.8) is 0 Å². The van der Waals surface area contributed by atoms with Crippen LogP contribution in [-0.4, -0.2) is 71.6 Å². The third-order valence-corrected chi connectivity index (χ3v) is 11.9. The number of H-pyrrole nitrogens is 1. The van der Waals surface area contributed by atoms with E-state index in [1.165, 1.54) is 29.5 Å². The van der Waals surface area contributed by atoms with Crippen molar-refractivity contribution < 1.29 is 14.3 Å². The number of ether oxygens (including phenoxy) is 2. The fourth-order valence-corrected chi connectivity index (χ4v) is 8.96. The number of carbonyl (C=O) groups excluding carboxylic acids is 1. The van der Waals surface area contributed by atoms with Crippen molar-refractivity contribution in [1.29, 1.82) is 0 Å². The van der Waals surface area contributed by atoms with Gasteiger partial charge in [-0.2, -0.15) is 0 Å². The highest BCUT2D eigenvalue weighted by Crippen LogP contribution is 2.53. The summed E-state index contributed by atoms with van der Waals surface area (Å²) in [5.41, 5.74) is 12.7. The highest BCUT2D eigenvalue weighted by molar-refractivity contribution is 5.96. The smallest absolute Gasteiger partial charge is 0.252 e. The molecule has 1 aliphatic carbocycles. The maximum atomic E-state index is 12.3. The number of piperidine rings is 1. The second-order valence-corrected chi connectivity index (χ2v) is 15.4. The molecule has 270 valence electrons. The predicted molar refractivity (Wildman–Crippen MR) is 206 cm³/mol. The van der Waals surface area contributed by atoms with Crippen molar-refractivity contribution >= 4 is 22.6 Å². The second-order valence-electron chi connectivity index (χ2n) is 15.4. The zero-order valence-electron chi connectivity index (χ0n) is 30.6. The Morgan fingerprint density at radius 1 is 0.962 bits per heavy atom. The van der Waals surface area contributed by atoms with Crippen LogP contribution >= 0.6 is 0 Å². The van der Waals surface area contributed by atoms with Gasteiger partial charge in [0.15, 0.2) is 0 Å². The fourth-order valence-electron chi connectivity index (χ4n) is 8.96. The maximum Gasteiger partial charge on any atom is 0.252 e. The molecule has 5 aromatic rings. The van der Waals surface area contributed by atoms with Crippen molar-refractivity contribution in [2.75, 3.05) is 44.7 Å². The molecule has 2 aliphatic heterocycles. The summed E-state index contributed by atoms with van der Waals surface area (Å²) in [5, 5.41) is 0.945. The zero-order chi connectivity index (χ0) is 35.8. The molecule has 0 bridgehead atoms. The number of aromatic amines is 1. The van der Waals surface area contributed by atoms with Gasteiger partial charge in [-0.1, -0.05) is 50.2 Å². The number of nitrogens with one attached hydrogen (secondary N) is 1. The van der Waals surface area contributed by atoms with E-state index in [0.29, 0.717) is 40.5 Å². The van der Waals surface area contributed by atoms with Crippen molar-refractivity contribution in [3.05, 3.63) is 114 Å². The van der Waals surface area contributed by atoms with E-state index in [1.54, 1.807) is 19.4 Å². The molecule has 3 aromatic carbocycles. The molecule has 3 N–H and O–H groups in total. The van der Waals surface area contributed by atoms with Gasteiger partial charge in [-0.25, -0.2) is 4.98 Å². The molecular weight excluding hydrogens is 649 g/mol. The van der Waals surface area contributed by atoms with Crippen LogP contribution in [0.25, 0.3) is 11.0 Å². The van der Waals surface area contributed by atoms with Crippen molar-refractivity contribution in [2.24, 2.45) is 11.1 Å². The second kappa shape index (κ2) is 14.3. The van der Waals surface area contributed by atoms with E-state index in [2.05, 4.69) is 87.0 Å². The number of pyridine rings is 1. The molecule has 0 unspecified atom stereocenters. The van der Waals surface area contributed by atoms with E-state index >= 15 is 0 Å². The van der Waals surface area contributed by atoms with Crippen LogP contribution in [0.1, 0.15) is 78.5 Å². The normalized spacial score (nSPS) is 19.6. The lowest BCUT2D eigenvalue weighted by molar-refractivity contribution is -0.0628. The third kappa shape index (κ3) is 6.87. The summed E-state index contributed by atoms with van der Waals surface area (Å²) in [4.78, 5) is 27.8. The molecule has 9 heteroatoms. The molecule has 3 fully saturated rings. The van der Waals surface area contributed by atoms with Gasteiger partial charge in [-0.05, 0) is 90.1 Å². The number of hydrogen-bond donors (Lipinski definition) is 2. The Morgan fingerprint density at radius 2 is 1.75 bits per heavy atom. The summed E-state index contributed by atoms with van der Waals surface area (Å²) in [7, 11) is 1.72. The summed E-state index contributed by atoms with van der Waals surface area (Å²) < 4.78 is 11.6. The molecule has 1 spiro atoms. The van der Waals surface area contributed by atoms with Gasteiger partial charge in [-0.3, -0.25) is 14.6 Å². The molecule has 0 radical (unpaired) electrons. The van der Waals surface area contributed by atoms with E-state index in [9.17, 15) is 4.79 Å². The first-order valence-electron chi connectivity index (χ1n) is 18.8. The van der Waals surface area contributed by atoms with Gasteiger partial charge in [-0.15, -0.1) is 0 Å². The van der Waals surface area contributed by atoms with Crippen molar-refractivity contribution in [1.82, 2.24) is 19.8 Å². The van der Waals surface area contributed by atoms with Crippen LogP contribution in [0, 0.1) is 5.41 Å². The molecule has 4 heterocycles. The summed E-state index contributed by atoms with van der Waals surface area (Å²) in [6, 6.07) is 28.3. The standard InChI is InChI=1S/C43H50N6O3/c1-29(2)36-6-4-5-7-37(36)39-28-47(27-30-8-11-34(51-3)12-9-30)20-21-49(39)33-24-43(25-33)15-18-48(19-16-43)32-10-13-38(41(44)50)40(23-32)52-35-22-31-14-17-45-42(31)46-26-35/h4-14,17,22-23,26,29,33,39H,15-16,18-21,24-25,27-28H2,1-3H3,(H2,44,50)(H,45,46)/t39-/m0/s1. The molecule has 1 atom stereocenters. The number of fused-ring (bicyclic) bond motifs is 1. The number of carbonyl (C=O) groups is 1. The Morgan fingerprint density at radius 3 is 2.50 bits per heavy atom. The Kier molecular flexibility index (Phi) is 9.40. The van der Waals surface area contributed by atoms with Crippen molar-refractivity contribution in [3.8, 4) is 17.2 Å². The molecule has 1 saturated carbocycles. The predicted octanol–water partition coefficient (Wildman–Crippen LogP) is 7.89. The zero-order valence-corrected chi connectivity index (χ0v) is 30.6. The van der Waals surface area contributed by atoms with E-state index in [4.69, 9.17) is 15.2 Å². The number of aromatic nitrogens is 2. The minimum Gasteiger partial charge on any atom is -0.497 e. The number of primary amides is 1. The number of amides is 1. The van der Waals surface area contributed by atoms with Crippen molar-refractivity contribution in [2.45, 2.75) is 64.1 Å². The van der Waals surface area contributed by atoms with Crippen LogP contribution < -0.4 is 20.1 Å². The van der Waals surface area contributed by atoms with Crippen LogP contribution in [0.5, 0.6) is 17.2 Å². The number of nitrogens with two attached hydrogens (primary N) is 1. The molecule has 2 saturated heterocycles. The first-order chi connectivity index (χ1) is 25.3.